The molecule has 0 saturated carbocycles. The number of urea groups is 1. The first kappa shape index (κ1) is 16.0. The van der Waals surface area contributed by atoms with Crippen LogP contribution in [-0.4, -0.2) is 55.2 Å². The Bertz CT molecular complexity index is 437. The quantitative estimate of drug-likeness (QED) is 0.680. The maximum Gasteiger partial charge on any atom is 0.326 e. The first-order valence-electron chi connectivity index (χ1n) is 6.47. The van der Waals surface area contributed by atoms with Gasteiger partial charge in [-0.05, 0) is 12.6 Å². The first-order chi connectivity index (χ1) is 9.54. The third-order valence-corrected chi connectivity index (χ3v) is 2.92. The summed E-state index contributed by atoms with van der Waals surface area (Å²) in [5.74, 6) is -1.04. The van der Waals surface area contributed by atoms with Crippen molar-refractivity contribution in [1.29, 1.82) is 0 Å². The molecule has 0 aliphatic heterocycles. The number of carbonyl (C=O) groups excluding carboxylic acids is 1. The summed E-state index contributed by atoms with van der Waals surface area (Å²) in [7, 11) is 3.43. The van der Waals surface area contributed by atoms with Crippen molar-refractivity contribution in [2.24, 2.45) is 0 Å². The number of hydrogen-bond donors (Lipinski definition) is 3. The topological polar surface area (TPSA) is 81.7 Å². The number of hydrogen-bond acceptors (Lipinski definition) is 3. The van der Waals surface area contributed by atoms with Crippen molar-refractivity contribution in [3.05, 3.63) is 35.9 Å². The van der Waals surface area contributed by atoms with E-state index in [1.165, 1.54) is 4.90 Å². The number of benzene rings is 1. The zero-order chi connectivity index (χ0) is 15.0. The number of rotatable bonds is 7. The Kier molecular flexibility index (Phi) is 6.52. The third-order valence-electron chi connectivity index (χ3n) is 2.92. The molecule has 0 aliphatic carbocycles. The maximum absolute atomic E-state index is 11.9. The van der Waals surface area contributed by atoms with Gasteiger partial charge in [0.2, 0.25) is 0 Å². The van der Waals surface area contributed by atoms with Crippen LogP contribution in [0, 0.1) is 0 Å². The lowest BCUT2D eigenvalue weighted by Gasteiger charge is -2.21. The van der Waals surface area contributed by atoms with Crippen LogP contribution in [0.15, 0.2) is 30.3 Å². The van der Waals surface area contributed by atoms with Gasteiger partial charge in [0.15, 0.2) is 0 Å². The SMILES string of the molecule is CNCCN(C)C(=O)N[C@@H](Cc1ccccc1)C(=O)O. The lowest BCUT2D eigenvalue weighted by molar-refractivity contribution is -0.139. The van der Waals surface area contributed by atoms with E-state index in [1.54, 1.807) is 14.1 Å². The summed E-state index contributed by atoms with van der Waals surface area (Å²) >= 11 is 0. The van der Waals surface area contributed by atoms with E-state index in [1.807, 2.05) is 30.3 Å². The highest BCUT2D eigenvalue weighted by atomic mass is 16.4. The van der Waals surface area contributed by atoms with Crippen molar-refractivity contribution in [3.8, 4) is 0 Å². The van der Waals surface area contributed by atoms with E-state index in [4.69, 9.17) is 0 Å². The van der Waals surface area contributed by atoms with Gasteiger partial charge in [0.25, 0.3) is 0 Å². The molecule has 0 aliphatic rings. The molecule has 0 heterocycles. The molecule has 3 N–H and O–H groups in total. The molecule has 1 rings (SSSR count). The van der Waals surface area contributed by atoms with E-state index < -0.39 is 12.0 Å². The molecule has 0 radical (unpaired) electrons. The second-order valence-electron chi connectivity index (χ2n) is 4.56. The van der Waals surface area contributed by atoms with Gasteiger partial charge in [0, 0.05) is 26.6 Å². The number of likely N-dealkylation sites (N-methyl/N-ethyl adjacent to an activating group) is 2. The molecule has 1 aromatic rings. The minimum Gasteiger partial charge on any atom is -0.480 e. The average Bonchev–Trinajstić information content (AvgIpc) is 2.44. The van der Waals surface area contributed by atoms with Gasteiger partial charge in [-0.1, -0.05) is 30.3 Å². The second kappa shape index (κ2) is 8.16. The highest BCUT2D eigenvalue weighted by molar-refractivity contribution is 5.82. The smallest absolute Gasteiger partial charge is 0.326 e. The van der Waals surface area contributed by atoms with Crippen LogP contribution >= 0.6 is 0 Å². The number of nitrogens with zero attached hydrogens (tertiary/aromatic N) is 1. The number of aliphatic carboxylic acids is 1. The van der Waals surface area contributed by atoms with E-state index in [-0.39, 0.29) is 12.5 Å². The molecule has 1 atom stereocenters. The minimum atomic E-state index is -1.04. The molecular weight excluding hydrogens is 258 g/mol. The lowest BCUT2D eigenvalue weighted by atomic mass is 10.1. The highest BCUT2D eigenvalue weighted by Gasteiger charge is 2.21. The Labute approximate surface area is 118 Å². The van der Waals surface area contributed by atoms with Crippen LogP contribution in [0.1, 0.15) is 5.56 Å². The fraction of sp³-hybridized carbons (Fsp3) is 0.429. The van der Waals surface area contributed by atoms with Crippen LogP contribution in [0.3, 0.4) is 0 Å². The number of carbonyl (C=O) groups is 2. The molecule has 2 amide bonds. The molecule has 0 unspecified atom stereocenters. The summed E-state index contributed by atoms with van der Waals surface area (Å²) in [6.07, 6.45) is 0.266. The summed E-state index contributed by atoms with van der Waals surface area (Å²) in [4.78, 5) is 24.6. The van der Waals surface area contributed by atoms with E-state index in [9.17, 15) is 14.7 Å². The molecule has 0 fully saturated rings. The Balaban J connectivity index is 2.59. The van der Waals surface area contributed by atoms with Gasteiger partial charge in [-0.25, -0.2) is 9.59 Å². The third kappa shape index (κ3) is 5.27. The number of carboxylic acids is 1. The monoisotopic (exact) mass is 279 g/mol. The molecule has 20 heavy (non-hydrogen) atoms. The van der Waals surface area contributed by atoms with Crippen LogP contribution < -0.4 is 10.6 Å². The zero-order valence-electron chi connectivity index (χ0n) is 11.8. The molecule has 0 spiro atoms. The van der Waals surface area contributed by atoms with E-state index >= 15 is 0 Å². The fourth-order valence-corrected chi connectivity index (χ4v) is 1.69. The van der Waals surface area contributed by atoms with Gasteiger partial charge in [-0.2, -0.15) is 0 Å². The average molecular weight is 279 g/mol. The Morgan fingerprint density at radius 2 is 1.95 bits per heavy atom. The van der Waals surface area contributed by atoms with E-state index in [0.717, 1.165) is 5.56 Å². The van der Waals surface area contributed by atoms with Crippen LogP contribution in [0.4, 0.5) is 4.79 Å². The number of carboxylic acid groups (broad SMARTS) is 1. The van der Waals surface area contributed by atoms with Crippen LogP contribution in [0.5, 0.6) is 0 Å². The standard InChI is InChI=1S/C14H21N3O3/c1-15-8-9-17(2)14(20)16-12(13(18)19)10-11-6-4-3-5-7-11/h3-7,12,15H,8-10H2,1-2H3,(H,16,20)(H,18,19)/t12-/m0/s1. The normalized spacial score (nSPS) is 11.7. The molecule has 6 heteroatoms. The van der Waals surface area contributed by atoms with Crippen molar-refractivity contribution >= 4 is 12.0 Å². The van der Waals surface area contributed by atoms with Gasteiger partial charge in [-0.15, -0.1) is 0 Å². The highest BCUT2D eigenvalue weighted by Crippen LogP contribution is 2.04. The molecular formula is C14H21N3O3. The van der Waals surface area contributed by atoms with Crippen LogP contribution in [0.25, 0.3) is 0 Å². The summed E-state index contributed by atoms with van der Waals surface area (Å²) < 4.78 is 0. The molecule has 110 valence electrons. The van der Waals surface area contributed by atoms with Crippen LogP contribution in [0.2, 0.25) is 0 Å². The summed E-state index contributed by atoms with van der Waals surface area (Å²) in [5, 5.41) is 14.7. The van der Waals surface area contributed by atoms with Crippen molar-refractivity contribution in [2.75, 3.05) is 27.2 Å². The van der Waals surface area contributed by atoms with Crippen molar-refractivity contribution in [2.45, 2.75) is 12.5 Å². The van der Waals surface area contributed by atoms with Crippen molar-refractivity contribution < 1.29 is 14.7 Å². The van der Waals surface area contributed by atoms with Crippen LogP contribution in [-0.2, 0) is 11.2 Å². The van der Waals surface area contributed by atoms with Gasteiger partial charge in [0.05, 0.1) is 0 Å². The first-order valence-corrected chi connectivity index (χ1v) is 6.47. The second-order valence-corrected chi connectivity index (χ2v) is 4.56. The van der Waals surface area contributed by atoms with Gasteiger partial charge in [0.1, 0.15) is 6.04 Å². The zero-order valence-corrected chi connectivity index (χ0v) is 11.8. The number of nitrogens with one attached hydrogen (secondary N) is 2. The minimum absolute atomic E-state index is 0.266. The summed E-state index contributed by atoms with van der Waals surface area (Å²) in [5.41, 5.74) is 0.873. The molecule has 1 aromatic carbocycles. The Morgan fingerprint density at radius 3 is 2.50 bits per heavy atom. The van der Waals surface area contributed by atoms with Gasteiger partial charge < -0.3 is 20.6 Å². The Morgan fingerprint density at radius 1 is 1.30 bits per heavy atom. The Hall–Kier alpha value is -2.08. The predicted molar refractivity (Wildman–Crippen MR) is 76.7 cm³/mol. The molecule has 0 aromatic heterocycles. The molecule has 6 nitrogen and oxygen atoms in total. The van der Waals surface area contributed by atoms with E-state index in [0.29, 0.717) is 13.1 Å². The van der Waals surface area contributed by atoms with Gasteiger partial charge in [-0.3, -0.25) is 0 Å². The lowest BCUT2D eigenvalue weighted by Crippen LogP contribution is -2.48. The number of amides is 2. The summed E-state index contributed by atoms with van der Waals surface area (Å²) in [6.45, 7) is 1.17. The largest absolute Gasteiger partial charge is 0.480 e. The molecule has 0 bridgehead atoms. The summed E-state index contributed by atoms with van der Waals surface area (Å²) in [6, 6.07) is 7.92. The van der Waals surface area contributed by atoms with Crippen molar-refractivity contribution in [1.82, 2.24) is 15.5 Å². The van der Waals surface area contributed by atoms with Gasteiger partial charge >= 0.3 is 12.0 Å². The fourth-order valence-electron chi connectivity index (χ4n) is 1.69. The molecule has 0 saturated heterocycles. The maximum atomic E-state index is 11.9. The predicted octanol–water partition coefficient (Wildman–Crippen LogP) is 0.543. The van der Waals surface area contributed by atoms with E-state index in [2.05, 4.69) is 10.6 Å². The van der Waals surface area contributed by atoms with Crippen molar-refractivity contribution in [3.63, 3.8) is 0 Å².